The molecule has 1 aromatic carbocycles. The highest BCUT2D eigenvalue weighted by Crippen LogP contribution is 2.35. The lowest BCUT2D eigenvalue weighted by Gasteiger charge is -2.21. The van der Waals surface area contributed by atoms with Crippen molar-refractivity contribution in [1.82, 2.24) is 10.3 Å². The average Bonchev–Trinajstić information content (AvgIpc) is 3.08. The van der Waals surface area contributed by atoms with Crippen molar-refractivity contribution in [3.63, 3.8) is 0 Å². The molecule has 0 fully saturated rings. The molecule has 2 amide bonds. The lowest BCUT2D eigenvalue weighted by atomic mass is 10.2. The van der Waals surface area contributed by atoms with Gasteiger partial charge in [0.15, 0.2) is 11.5 Å². The Bertz CT molecular complexity index is 764. The molecule has 0 saturated heterocycles. The lowest BCUT2D eigenvalue weighted by molar-refractivity contribution is -0.121. The van der Waals surface area contributed by atoms with E-state index in [4.69, 9.17) is 9.47 Å². The highest BCUT2D eigenvalue weighted by Gasteiger charge is 2.18. The van der Waals surface area contributed by atoms with Gasteiger partial charge in [0.1, 0.15) is 0 Å². The van der Waals surface area contributed by atoms with Gasteiger partial charge in [0.25, 0.3) is 0 Å². The predicted octanol–water partition coefficient (Wildman–Crippen LogP) is 1.87. The fourth-order valence-corrected chi connectivity index (χ4v) is 2.52. The summed E-state index contributed by atoms with van der Waals surface area (Å²) in [6.07, 6.45) is 1.87. The van der Waals surface area contributed by atoms with Crippen LogP contribution in [-0.4, -0.2) is 30.1 Å². The van der Waals surface area contributed by atoms with Gasteiger partial charge in [0, 0.05) is 37.8 Å². The molecule has 2 aromatic rings. The Morgan fingerprint density at radius 3 is 2.80 bits per heavy atom. The van der Waals surface area contributed by atoms with Gasteiger partial charge in [-0.3, -0.25) is 14.6 Å². The minimum absolute atomic E-state index is 0.141. The number of ether oxygens (including phenoxy) is 2. The van der Waals surface area contributed by atoms with Crippen LogP contribution in [-0.2, 0) is 16.1 Å². The number of nitrogens with zero attached hydrogens (tertiary/aromatic N) is 2. The van der Waals surface area contributed by atoms with Crippen LogP contribution < -0.4 is 19.7 Å². The number of amides is 2. The summed E-state index contributed by atoms with van der Waals surface area (Å²) in [5.41, 5.74) is 1.46. The fraction of sp³-hybridized carbons (Fsp3) is 0.278. The van der Waals surface area contributed by atoms with Crippen LogP contribution in [0.4, 0.5) is 5.69 Å². The Hall–Kier alpha value is -3.09. The van der Waals surface area contributed by atoms with Crippen LogP contribution >= 0.6 is 0 Å². The first kappa shape index (κ1) is 16.8. The quantitative estimate of drug-likeness (QED) is 0.867. The Kier molecular flexibility index (Phi) is 5.13. The average molecular weight is 341 g/mol. The van der Waals surface area contributed by atoms with Crippen molar-refractivity contribution < 1.29 is 19.1 Å². The topological polar surface area (TPSA) is 80.8 Å². The maximum absolute atomic E-state index is 12.0. The molecule has 3 rings (SSSR count). The number of fused-ring (bicyclic) bond motifs is 1. The van der Waals surface area contributed by atoms with E-state index in [1.54, 1.807) is 29.3 Å². The van der Waals surface area contributed by atoms with Crippen LogP contribution in [0.1, 0.15) is 19.0 Å². The molecule has 1 aliphatic rings. The Morgan fingerprint density at radius 1 is 1.20 bits per heavy atom. The number of hydrogen-bond acceptors (Lipinski definition) is 5. The summed E-state index contributed by atoms with van der Waals surface area (Å²) in [5.74, 6) is 0.970. The summed E-state index contributed by atoms with van der Waals surface area (Å²) in [6, 6.07) is 10.8. The third-order valence-electron chi connectivity index (χ3n) is 3.80. The number of pyridine rings is 1. The van der Waals surface area contributed by atoms with Crippen molar-refractivity contribution in [3.8, 4) is 11.5 Å². The standard InChI is InChI=1S/C18H19N3O4/c1-13(22)21(15-5-6-16-17(10-15)25-12-24-16)9-7-18(23)20-11-14-4-2-3-8-19-14/h2-6,8,10H,7,9,11-12H2,1H3,(H,20,23). The van der Waals surface area contributed by atoms with Gasteiger partial charge >= 0.3 is 0 Å². The number of anilines is 1. The zero-order valence-electron chi connectivity index (χ0n) is 13.9. The zero-order chi connectivity index (χ0) is 17.6. The molecule has 130 valence electrons. The van der Waals surface area contributed by atoms with Crippen molar-refractivity contribution in [2.75, 3.05) is 18.2 Å². The first-order valence-corrected chi connectivity index (χ1v) is 7.98. The number of nitrogens with one attached hydrogen (secondary N) is 1. The number of benzene rings is 1. The van der Waals surface area contributed by atoms with E-state index in [1.807, 2.05) is 18.2 Å². The summed E-state index contributed by atoms with van der Waals surface area (Å²) < 4.78 is 10.6. The SMILES string of the molecule is CC(=O)N(CCC(=O)NCc1ccccn1)c1ccc2c(c1)OCO2. The molecule has 1 aromatic heterocycles. The van der Waals surface area contributed by atoms with Crippen LogP contribution in [0.25, 0.3) is 0 Å². The molecule has 0 bridgehead atoms. The number of hydrogen-bond donors (Lipinski definition) is 1. The molecule has 0 atom stereocenters. The molecule has 0 spiro atoms. The fourth-order valence-electron chi connectivity index (χ4n) is 2.52. The molecule has 7 nitrogen and oxygen atoms in total. The van der Waals surface area contributed by atoms with Crippen LogP contribution in [0.2, 0.25) is 0 Å². The Morgan fingerprint density at radius 2 is 2.04 bits per heavy atom. The van der Waals surface area contributed by atoms with E-state index in [2.05, 4.69) is 10.3 Å². The van der Waals surface area contributed by atoms with Gasteiger partial charge in [-0.25, -0.2) is 0 Å². The van der Waals surface area contributed by atoms with Gasteiger partial charge in [-0.15, -0.1) is 0 Å². The molecule has 2 heterocycles. The lowest BCUT2D eigenvalue weighted by Crippen LogP contribution is -2.33. The van der Waals surface area contributed by atoms with E-state index < -0.39 is 0 Å². The molecule has 0 saturated carbocycles. The molecular weight excluding hydrogens is 322 g/mol. The van der Waals surface area contributed by atoms with E-state index in [-0.39, 0.29) is 31.6 Å². The number of carbonyl (C=O) groups is 2. The zero-order valence-corrected chi connectivity index (χ0v) is 13.9. The van der Waals surface area contributed by atoms with E-state index in [0.29, 0.717) is 23.7 Å². The van der Waals surface area contributed by atoms with Crippen molar-refractivity contribution in [2.45, 2.75) is 19.9 Å². The Balaban J connectivity index is 1.57. The third-order valence-corrected chi connectivity index (χ3v) is 3.80. The molecule has 1 N–H and O–H groups in total. The van der Waals surface area contributed by atoms with Gasteiger partial charge in [0.2, 0.25) is 18.6 Å². The Labute approximate surface area is 145 Å². The minimum atomic E-state index is -0.142. The molecule has 0 radical (unpaired) electrons. The normalized spacial score (nSPS) is 11.9. The van der Waals surface area contributed by atoms with E-state index >= 15 is 0 Å². The van der Waals surface area contributed by atoms with Crippen molar-refractivity contribution in [3.05, 3.63) is 48.3 Å². The van der Waals surface area contributed by atoms with Crippen LogP contribution in [0.5, 0.6) is 11.5 Å². The number of aromatic nitrogens is 1. The van der Waals surface area contributed by atoms with Gasteiger partial charge in [-0.05, 0) is 24.3 Å². The smallest absolute Gasteiger partial charge is 0.231 e. The summed E-state index contributed by atoms with van der Waals surface area (Å²) in [4.78, 5) is 29.7. The largest absolute Gasteiger partial charge is 0.454 e. The first-order valence-electron chi connectivity index (χ1n) is 7.98. The van der Waals surface area contributed by atoms with Gasteiger partial charge in [-0.1, -0.05) is 6.07 Å². The summed E-state index contributed by atoms with van der Waals surface area (Å²) in [7, 11) is 0. The number of carbonyl (C=O) groups excluding carboxylic acids is 2. The summed E-state index contributed by atoms with van der Waals surface area (Å²) in [5, 5.41) is 2.80. The van der Waals surface area contributed by atoms with Gasteiger partial charge in [0.05, 0.1) is 12.2 Å². The molecular formula is C18H19N3O4. The predicted molar refractivity (Wildman–Crippen MR) is 91.3 cm³/mol. The summed E-state index contributed by atoms with van der Waals surface area (Å²) in [6.45, 7) is 2.29. The van der Waals surface area contributed by atoms with E-state index in [9.17, 15) is 9.59 Å². The second-order valence-electron chi connectivity index (χ2n) is 5.56. The monoisotopic (exact) mass is 341 g/mol. The maximum atomic E-state index is 12.0. The molecule has 0 aliphatic carbocycles. The highest BCUT2D eigenvalue weighted by molar-refractivity contribution is 5.92. The highest BCUT2D eigenvalue weighted by atomic mass is 16.7. The molecule has 0 unspecified atom stereocenters. The van der Waals surface area contributed by atoms with Crippen LogP contribution in [0.3, 0.4) is 0 Å². The van der Waals surface area contributed by atoms with E-state index in [0.717, 1.165) is 5.69 Å². The molecule has 25 heavy (non-hydrogen) atoms. The maximum Gasteiger partial charge on any atom is 0.231 e. The van der Waals surface area contributed by atoms with Crippen molar-refractivity contribution in [1.29, 1.82) is 0 Å². The second-order valence-corrected chi connectivity index (χ2v) is 5.56. The first-order chi connectivity index (χ1) is 12.1. The second kappa shape index (κ2) is 7.65. The molecule has 7 heteroatoms. The minimum Gasteiger partial charge on any atom is -0.454 e. The number of rotatable bonds is 6. The van der Waals surface area contributed by atoms with Crippen molar-refractivity contribution >= 4 is 17.5 Å². The summed E-state index contributed by atoms with van der Waals surface area (Å²) >= 11 is 0. The van der Waals surface area contributed by atoms with E-state index in [1.165, 1.54) is 6.92 Å². The van der Waals surface area contributed by atoms with Crippen molar-refractivity contribution in [2.24, 2.45) is 0 Å². The third kappa shape index (κ3) is 4.26. The van der Waals surface area contributed by atoms with Crippen LogP contribution in [0, 0.1) is 0 Å². The van der Waals surface area contributed by atoms with Gasteiger partial charge < -0.3 is 19.7 Å². The van der Waals surface area contributed by atoms with Gasteiger partial charge in [-0.2, -0.15) is 0 Å². The molecule has 1 aliphatic heterocycles. The van der Waals surface area contributed by atoms with Crippen LogP contribution in [0.15, 0.2) is 42.6 Å².